The van der Waals surface area contributed by atoms with Crippen molar-refractivity contribution in [1.82, 2.24) is 4.90 Å². The van der Waals surface area contributed by atoms with Gasteiger partial charge in [-0.2, -0.15) is 10.5 Å². The lowest BCUT2D eigenvalue weighted by molar-refractivity contribution is 0.0259. The summed E-state index contributed by atoms with van der Waals surface area (Å²) in [5.41, 5.74) is 1.93. The van der Waals surface area contributed by atoms with Crippen molar-refractivity contribution in [3.05, 3.63) is 108 Å². The van der Waals surface area contributed by atoms with Crippen LogP contribution < -0.4 is 0 Å². The standard InChI is InChI=1S/C32H31N3O3/c33-21-24(22-34)20-28(31(36)26-12-6-2-7-13-26)30(25-10-4-1-5-11-25)29(23-35-16-18-38-19-17-35)32(37)27-14-8-3-9-15-27/h1-15,24,28-30H,16-20,23H2/t28-,29+,30-/m1/s1. The fourth-order valence-electron chi connectivity index (χ4n) is 5.28. The van der Waals surface area contributed by atoms with Gasteiger partial charge in [0.25, 0.3) is 0 Å². The van der Waals surface area contributed by atoms with Gasteiger partial charge in [-0.3, -0.25) is 14.5 Å². The van der Waals surface area contributed by atoms with Crippen LogP contribution in [0.1, 0.15) is 38.6 Å². The van der Waals surface area contributed by atoms with Crippen LogP contribution >= 0.6 is 0 Å². The number of hydrogen-bond donors (Lipinski definition) is 0. The third-order valence-corrected chi connectivity index (χ3v) is 7.20. The second kappa shape index (κ2) is 13.4. The van der Waals surface area contributed by atoms with E-state index >= 15 is 0 Å². The predicted molar refractivity (Wildman–Crippen MR) is 144 cm³/mol. The molecule has 3 aromatic carbocycles. The van der Waals surface area contributed by atoms with Gasteiger partial charge in [0, 0.05) is 48.5 Å². The molecule has 1 aliphatic rings. The minimum atomic E-state index is -0.977. The Bertz CT molecular complexity index is 1260. The Balaban J connectivity index is 1.86. The van der Waals surface area contributed by atoms with Crippen molar-refractivity contribution in [3.63, 3.8) is 0 Å². The molecule has 1 saturated heterocycles. The number of morpholine rings is 1. The van der Waals surface area contributed by atoms with Crippen LogP contribution in [0.15, 0.2) is 91.0 Å². The highest BCUT2D eigenvalue weighted by atomic mass is 16.5. The summed E-state index contributed by atoms with van der Waals surface area (Å²) in [5, 5.41) is 19.4. The molecule has 3 aromatic rings. The smallest absolute Gasteiger partial charge is 0.167 e. The summed E-state index contributed by atoms with van der Waals surface area (Å²) in [6.07, 6.45) is 0.0436. The number of carbonyl (C=O) groups excluding carboxylic acids is 2. The predicted octanol–water partition coefficient (Wildman–Crippen LogP) is 5.15. The zero-order valence-electron chi connectivity index (χ0n) is 21.3. The first kappa shape index (κ1) is 26.9. The Labute approximate surface area is 224 Å². The highest BCUT2D eigenvalue weighted by Crippen LogP contribution is 2.40. The van der Waals surface area contributed by atoms with Crippen molar-refractivity contribution in [2.45, 2.75) is 12.3 Å². The zero-order chi connectivity index (χ0) is 26.7. The lowest BCUT2D eigenvalue weighted by Gasteiger charge is -2.37. The van der Waals surface area contributed by atoms with Gasteiger partial charge in [0.2, 0.25) is 0 Å². The molecule has 0 N–H and O–H groups in total. The molecule has 0 radical (unpaired) electrons. The Morgan fingerprint density at radius 3 is 1.71 bits per heavy atom. The summed E-state index contributed by atoms with van der Waals surface area (Å²) >= 11 is 0. The molecule has 0 unspecified atom stereocenters. The number of benzene rings is 3. The maximum absolute atomic E-state index is 14.2. The topological polar surface area (TPSA) is 94.2 Å². The van der Waals surface area contributed by atoms with Crippen LogP contribution in [-0.2, 0) is 4.74 Å². The fourth-order valence-corrected chi connectivity index (χ4v) is 5.28. The number of rotatable bonds is 11. The largest absolute Gasteiger partial charge is 0.379 e. The number of ether oxygens (including phenoxy) is 1. The summed E-state index contributed by atoms with van der Waals surface area (Å²) < 4.78 is 5.54. The minimum absolute atomic E-state index is 0.0436. The van der Waals surface area contributed by atoms with Gasteiger partial charge in [-0.15, -0.1) is 0 Å². The van der Waals surface area contributed by atoms with Crippen molar-refractivity contribution < 1.29 is 14.3 Å². The van der Waals surface area contributed by atoms with Gasteiger partial charge in [-0.05, 0) is 12.0 Å². The summed E-state index contributed by atoms with van der Waals surface area (Å²) in [6, 6.07) is 31.8. The van der Waals surface area contributed by atoms with E-state index in [4.69, 9.17) is 4.74 Å². The number of hydrogen-bond acceptors (Lipinski definition) is 6. The van der Waals surface area contributed by atoms with E-state index in [0.29, 0.717) is 44.0 Å². The average molecular weight is 506 g/mol. The summed E-state index contributed by atoms with van der Waals surface area (Å²) in [6.45, 7) is 2.99. The fraction of sp³-hybridized carbons (Fsp3) is 0.312. The van der Waals surface area contributed by atoms with Gasteiger partial charge in [0.05, 0.1) is 25.4 Å². The molecule has 4 rings (SSSR count). The first-order chi connectivity index (χ1) is 18.6. The van der Waals surface area contributed by atoms with E-state index in [1.54, 1.807) is 36.4 Å². The molecule has 1 fully saturated rings. The quantitative estimate of drug-likeness (QED) is 0.334. The Kier molecular flexibility index (Phi) is 9.54. The molecule has 1 heterocycles. The molecule has 0 bridgehead atoms. The van der Waals surface area contributed by atoms with E-state index in [2.05, 4.69) is 17.0 Å². The van der Waals surface area contributed by atoms with Gasteiger partial charge in [-0.1, -0.05) is 91.0 Å². The van der Waals surface area contributed by atoms with Gasteiger partial charge < -0.3 is 4.74 Å². The Morgan fingerprint density at radius 2 is 1.21 bits per heavy atom. The van der Waals surface area contributed by atoms with Crippen molar-refractivity contribution >= 4 is 11.6 Å². The second-order valence-electron chi connectivity index (χ2n) is 9.57. The van der Waals surface area contributed by atoms with E-state index < -0.39 is 23.7 Å². The first-order valence-corrected chi connectivity index (χ1v) is 12.9. The molecule has 192 valence electrons. The molecule has 1 aliphatic heterocycles. The van der Waals surface area contributed by atoms with Crippen LogP contribution in [0.25, 0.3) is 0 Å². The SMILES string of the molecule is N#CC(C#N)C[C@@H](C(=O)c1ccccc1)[C@@H](c1ccccc1)[C@H](CN1CCOCC1)C(=O)c1ccccc1. The molecule has 0 amide bonds. The van der Waals surface area contributed by atoms with Crippen LogP contribution in [0.5, 0.6) is 0 Å². The molecule has 0 spiro atoms. The minimum Gasteiger partial charge on any atom is -0.379 e. The molecule has 0 aliphatic carbocycles. The maximum atomic E-state index is 14.2. The molecule has 3 atom stereocenters. The molecular formula is C32H31N3O3. The van der Waals surface area contributed by atoms with Crippen LogP contribution in [0, 0.1) is 40.4 Å². The maximum Gasteiger partial charge on any atom is 0.167 e. The van der Waals surface area contributed by atoms with Crippen LogP contribution in [0.4, 0.5) is 0 Å². The first-order valence-electron chi connectivity index (χ1n) is 12.9. The van der Waals surface area contributed by atoms with Crippen molar-refractivity contribution in [2.24, 2.45) is 17.8 Å². The summed E-state index contributed by atoms with van der Waals surface area (Å²) in [7, 11) is 0. The molecule has 0 saturated carbocycles. The second-order valence-corrected chi connectivity index (χ2v) is 9.57. The third kappa shape index (κ3) is 6.61. The Hall–Kier alpha value is -4.10. The highest BCUT2D eigenvalue weighted by molar-refractivity contribution is 6.01. The zero-order valence-corrected chi connectivity index (χ0v) is 21.3. The van der Waals surface area contributed by atoms with Gasteiger partial charge in [0.15, 0.2) is 11.6 Å². The van der Waals surface area contributed by atoms with E-state index in [0.717, 1.165) is 5.56 Å². The number of ketones is 2. The van der Waals surface area contributed by atoms with Crippen LogP contribution in [0.2, 0.25) is 0 Å². The average Bonchev–Trinajstić information content (AvgIpc) is 2.99. The van der Waals surface area contributed by atoms with E-state index in [-0.39, 0.29) is 18.0 Å². The lowest BCUT2D eigenvalue weighted by atomic mass is 9.68. The van der Waals surface area contributed by atoms with Gasteiger partial charge in [-0.25, -0.2) is 0 Å². The number of carbonyl (C=O) groups is 2. The monoisotopic (exact) mass is 505 g/mol. The summed E-state index contributed by atoms with van der Waals surface area (Å²) in [4.78, 5) is 30.6. The number of nitriles is 2. The van der Waals surface area contributed by atoms with Crippen molar-refractivity contribution in [2.75, 3.05) is 32.8 Å². The van der Waals surface area contributed by atoms with Crippen LogP contribution in [0.3, 0.4) is 0 Å². The van der Waals surface area contributed by atoms with Crippen molar-refractivity contribution in [1.29, 1.82) is 10.5 Å². The van der Waals surface area contributed by atoms with Crippen molar-refractivity contribution in [3.8, 4) is 12.1 Å². The van der Waals surface area contributed by atoms with Gasteiger partial charge >= 0.3 is 0 Å². The molecule has 6 nitrogen and oxygen atoms in total. The van der Waals surface area contributed by atoms with E-state index in [1.807, 2.05) is 54.6 Å². The number of nitrogens with zero attached hydrogens (tertiary/aromatic N) is 3. The van der Waals surface area contributed by atoms with E-state index in [1.165, 1.54) is 0 Å². The van der Waals surface area contributed by atoms with Gasteiger partial charge in [0.1, 0.15) is 5.92 Å². The Morgan fingerprint density at radius 1 is 0.737 bits per heavy atom. The highest BCUT2D eigenvalue weighted by Gasteiger charge is 2.41. The van der Waals surface area contributed by atoms with Crippen LogP contribution in [-0.4, -0.2) is 49.3 Å². The summed E-state index contributed by atoms with van der Waals surface area (Å²) in [5.74, 6) is -3.06. The molecular weight excluding hydrogens is 474 g/mol. The normalized spacial score (nSPS) is 16.1. The third-order valence-electron chi connectivity index (χ3n) is 7.20. The van der Waals surface area contributed by atoms with E-state index in [9.17, 15) is 20.1 Å². The number of Topliss-reactive ketones (excluding diaryl/α,β-unsaturated/α-hetero) is 2. The lowest BCUT2D eigenvalue weighted by Crippen LogP contribution is -2.44. The molecule has 38 heavy (non-hydrogen) atoms. The molecule has 0 aromatic heterocycles. The molecule has 6 heteroatoms.